The van der Waals surface area contributed by atoms with Crippen LogP contribution in [-0.4, -0.2) is 32.6 Å². The van der Waals surface area contributed by atoms with Crippen LogP contribution in [0.4, 0.5) is 0 Å². The maximum absolute atomic E-state index is 12.8. The van der Waals surface area contributed by atoms with Crippen molar-refractivity contribution in [3.05, 3.63) is 77.1 Å². The number of sulfone groups is 1. The lowest BCUT2D eigenvalue weighted by atomic mass is 9.87. The topological polar surface area (TPSA) is 107 Å². The second kappa shape index (κ2) is 8.58. The molecule has 0 radical (unpaired) electrons. The van der Waals surface area contributed by atoms with Gasteiger partial charge in [0.25, 0.3) is 0 Å². The van der Waals surface area contributed by atoms with Gasteiger partial charge in [-0.3, -0.25) is 0 Å². The van der Waals surface area contributed by atoms with Gasteiger partial charge in [0.05, 0.1) is 29.1 Å². The number of hydrogen-bond donors (Lipinski definition) is 2. The quantitative estimate of drug-likeness (QED) is 0.704. The Labute approximate surface area is 164 Å². The summed E-state index contributed by atoms with van der Waals surface area (Å²) in [6.45, 7) is 0.860. The van der Waals surface area contributed by atoms with E-state index in [1.54, 1.807) is 30.5 Å². The van der Waals surface area contributed by atoms with E-state index in [0.717, 1.165) is 5.56 Å². The average Bonchev–Trinajstić information content (AvgIpc) is 3.21. The van der Waals surface area contributed by atoms with Crippen LogP contribution in [0.5, 0.6) is 0 Å². The standard InChI is InChI=1S/C21H23NO5S/c22-11-4-7-19-18(15-10-12-27-13-15)9-8-16(20(19)21(23)24)14-28(25,26)17-5-2-1-3-6-17/h1-3,5-6,8-10,12,15H,4,7,11,13-14,22H2,(H,23,24). The number of carbonyl (C=O) groups is 1. The monoisotopic (exact) mass is 401 g/mol. The van der Waals surface area contributed by atoms with Gasteiger partial charge in [-0.2, -0.15) is 0 Å². The number of carboxylic acid groups (broad SMARTS) is 1. The van der Waals surface area contributed by atoms with Crippen LogP contribution in [0.3, 0.4) is 0 Å². The summed E-state index contributed by atoms with van der Waals surface area (Å²) >= 11 is 0. The average molecular weight is 401 g/mol. The van der Waals surface area contributed by atoms with Gasteiger partial charge in [0, 0.05) is 5.92 Å². The number of aromatic carboxylic acids is 1. The van der Waals surface area contributed by atoms with Gasteiger partial charge < -0.3 is 15.6 Å². The third-order valence-electron chi connectivity index (χ3n) is 4.81. The molecule has 0 bridgehead atoms. The van der Waals surface area contributed by atoms with Gasteiger partial charge in [-0.05, 0) is 54.3 Å². The fourth-order valence-corrected chi connectivity index (χ4v) is 4.86. The van der Waals surface area contributed by atoms with Gasteiger partial charge in [-0.25, -0.2) is 13.2 Å². The molecule has 0 saturated heterocycles. The SMILES string of the molecule is NCCCc1c(C2C=COC2)ccc(CS(=O)(=O)c2ccccc2)c1C(=O)O. The van der Waals surface area contributed by atoms with Crippen molar-refractivity contribution in [1.82, 2.24) is 0 Å². The van der Waals surface area contributed by atoms with E-state index in [9.17, 15) is 18.3 Å². The Hall–Kier alpha value is -2.64. The third kappa shape index (κ3) is 4.26. The second-order valence-electron chi connectivity index (χ2n) is 6.71. The first-order valence-corrected chi connectivity index (χ1v) is 10.7. The van der Waals surface area contributed by atoms with Crippen molar-refractivity contribution in [2.24, 2.45) is 5.73 Å². The van der Waals surface area contributed by atoms with E-state index < -0.39 is 15.8 Å². The van der Waals surface area contributed by atoms with Crippen molar-refractivity contribution in [3.8, 4) is 0 Å². The zero-order chi connectivity index (χ0) is 20.1. The van der Waals surface area contributed by atoms with Crippen LogP contribution in [0.25, 0.3) is 0 Å². The minimum absolute atomic E-state index is 0.0503. The first-order chi connectivity index (χ1) is 13.4. The summed E-state index contributed by atoms with van der Waals surface area (Å²) in [5, 5.41) is 9.91. The fraction of sp³-hybridized carbons (Fsp3) is 0.286. The molecule has 0 saturated carbocycles. The van der Waals surface area contributed by atoms with Crippen LogP contribution < -0.4 is 5.73 Å². The van der Waals surface area contributed by atoms with E-state index in [-0.39, 0.29) is 27.7 Å². The maximum atomic E-state index is 12.8. The molecule has 1 heterocycles. The molecule has 1 aliphatic heterocycles. The Morgan fingerprint density at radius 3 is 2.54 bits per heavy atom. The van der Waals surface area contributed by atoms with Crippen molar-refractivity contribution < 1.29 is 23.1 Å². The molecule has 2 aromatic carbocycles. The van der Waals surface area contributed by atoms with Gasteiger partial charge in [-0.1, -0.05) is 30.3 Å². The lowest BCUT2D eigenvalue weighted by Crippen LogP contribution is -2.16. The summed E-state index contributed by atoms with van der Waals surface area (Å²) < 4.78 is 30.9. The summed E-state index contributed by atoms with van der Waals surface area (Å²) in [4.78, 5) is 12.3. The van der Waals surface area contributed by atoms with Gasteiger partial charge in [0.1, 0.15) is 0 Å². The first-order valence-electron chi connectivity index (χ1n) is 9.08. The first kappa shape index (κ1) is 20.1. The number of ether oxygens (including phenoxy) is 1. The van der Waals surface area contributed by atoms with Crippen molar-refractivity contribution in [1.29, 1.82) is 0 Å². The number of hydrogen-bond acceptors (Lipinski definition) is 5. The van der Waals surface area contributed by atoms with Crippen molar-refractivity contribution in [2.75, 3.05) is 13.2 Å². The lowest BCUT2D eigenvalue weighted by Gasteiger charge is -2.19. The van der Waals surface area contributed by atoms with Crippen LogP contribution in [0.1, 0.15) is 39.4 Å². The van der Waals surface area contributed by atoms with Crippen LogP contribution >= 0.6 is 0 Å². The summed E-state index contributed by atoms with van der Waals surface area (Å²) in [5.74, 6) is -1.55. The van der Waals surface area contributed by atoms with E-state index in [1.807, 2.05) is 12.1 Å². The molecular weight excluding hydrogens is 378 g/mol. The highest BCUT2D eigenvalue weighted by atomic mass is 32.2. The van der Waals surface area contributed by atoms with Crippen LogP contribution in [0.2, 0.25) is 0 Å². The van der Waals surface area contributed by atoms with Crippen molar-refractivity contribution in [2.45, 2.75) is 29.4 Å². The molecule has 1 atom stereocenters. The number of benzene rings is 2. The Balaban J connectivity index is 2.08. The maximum Gasteiger partial charge on any atom is 0.336 e. The highest BCUT2D eigenvalue weighted by Crippen LogP contribution is 2.32. The highest BCUT2D eigenvalue weighted by molar-refractivity contribution is 7.90. The van der Waals surface area contributed by atoms with Crippen LogP contribution in [0, 0.1) is 0 Å². The molecular formula is C21H23NO5S. The molecule has 0 fully saturated rings. The Kier molecular flexibility index (Phi) is 6.16. The largest absolute Gasteiger partial charge is 0.501 e. The number of carboxylic acids is 1. The Morgan fingerprint density at radius 1 is 1.18 bits per heavy atom. The predicted octanol–water partition coefficient (Wildman–Crippen LogP) is 2.88. The molecule has 1 aliphatic rings. The zero-order valence-electron chi connectivity index (χ0n) is 15.4. The van der Waals surface area contributed by atoms with Crippen molar-refractivity contribution in [3.63, 3.8) is 0 Å². The summed E-state index contributed by atoms with van der Waals surface area (Å²) in [7, 11) is -3.67. The smallest absolute Gasteiger partial charge is 0.336 e. The molecule has 0 spiro atoms. The zero-order valence-corrected chi connectivity index (χ0v) is 16.2. The predicted molar refractivity (Wildman–Crippen MR) is 106 cm³/mol. The van der Waals surface area contributed by atoms with E-state index >= 15 is 0 Å². The van der Waals surface area contributed by atoms with Gasteiger partial charge in [0.15, 0.2) is 9.84 Å². The molecule has 6 nitrogen and oxygen atoms in total. The highest BCUT2D eigenvalue weighted by Gasteiger charge is 2.26. The minimum atomic E-state index is -3.67. The molecule has 3 N–H and O–H groups in total. The molecule has 0 amide bonds. The van der Waals surface area contributed by atoms with E-state index in [2.05, 4.69) is 0 Å². The minimum Gasteiger partial charge on any atom is -0.501 e. The normalized spacial score (nSPS) is 16.1. The van der Waals surface area contributed by atoms with Gasteiger partial charge in [-0.15, -0.1) is 0 Å². The Morgan fingerprint density at radius 2 is 1.93 bits per heavy atom. The molecule has 0 aliphatic carbocycles. The van der Waals surface area contributed by atoms with E-state index in [0.29, 0.717) is 31.6 Å². The summed E-state index contributed by atoms with van der Waals surface area (Å²) in [6, 6.07) is 11.5. The Bertz CT molecular complexity index is 983. The molecule has 28 heavy (non-hydrogen) atoms. The second-order valence-corrected chi connectivity index (χ2v) is 8.69. The van der Waals surface area contributed by atoms with Crippen molar-refractivity contribution >= 4 is 15.8 Å². The van der Waals surface area contributed by atoms with Gasteiger partial charge in [0.2, 0.25) is 0 Å². The van der Waals surface area contributed by atoms with Gasteiger partial charge >= 0.3 is 5.97 Å². The molecule has 3 rings (SSSR count). The molecule has 1 unspecified atom stereocenters. The number of nitrogens with two attached hydrogens (primary N) is 1. The molecule has 2 aromatic rings. The molecule has 0 aromatic heterocycles. The van der Waals surface area contributed by atoms with Crippen LogP contribution in [-0.2, 0) is 26.7 Å². The summed E-state index contributed by atoms with van der Waals surface area (Å²) in [6.07, 6.45) is 4.56. The van der Waals surface area contributed by atoms with E-state index in [1.165, 1.54) is 12.1 Å². The van der Waals surface area contributed by atoms with E-state index in [4.69, 9.17) is 10.5 Å². The third-order valence-corrected chi connectivity index (χ3v) is 6.49. The van der Waals surface area contributed by atoms with Crippen LogP contribution in [0.15, 0.2) is 59.7 Å². The lowest BCUT2D eigenvalue weighted by molar-refractivity contribution is 0.0694. The molecule has 7 heteroatoms. The molecule has 148 valence electrons. The summed E-state index contributed by atoms with van der Waals surface area (Å²) in [5.41, 5.74) is 7.47. The number of rotatable bonds is 8. The fourth-order valence-electron chi connectivity index (χ4n) is 3.47.